The first kappa shape index (κ1) is 30.9. The molecule has 4 heterocycles. The van der Waals surface area contributed by atoms with Crippen LogP contribution in [0.15, 0.2) is 194 Å². The van der Waals surface area contributed by atoms with E-state index in [2.05, 4.69) is 191 Å². The van der Waals surface area contributed by atoms with Crippen LogP contribution in [0.5, 0.6) is 0 Å². The molecule has 12 aromatic rings. The summed E-state index contributed by atoms with van der Waals surface area (Å²) in [5, 5.41) is 7.40. The van der Waals surface area contributed by atoms with Crippen LogP contribution in [0, 0.1) is 0 Å². The van der Waals surface area contributed by atoms with E-state index in [-0.39, 0.29) is 0 Å². The third-order valence-electron chi connectivity index (χ3n) is 11.5. The fraction of sp³-hybridized carbons (Fsp3) is 0. The van der Waals surface area contributed by atoms with Gasteiger partial charge in [0.2, 0.25) is 0 Å². The molecule has 0 amide bonds. The van der Waals surface area contributed by atoms with E-state index < -0.39 is 0 Å². The maximum atomic E-state index is 5.14. The highest BCUT2D eigenvalue weighted by atomic mass is 15.0. The van der Waals surface area contributed by atoms with Gasteiger partial charge in [0.05, 0.1) is 44.5 Å². The molecule has 260 valence electrons. The van der Waals surface area contributed by atoms with Gasteiger partial charge in [-0.1, -0.05) is 152 Å². The van der Waals surface area contributed by atoms with E-state index in [1.807, 2.05) is 12.1 Å². The Morgan fingerprint density at radius 1 is 0.268 bits per heavy atom. The van der Waals surface area contributed by atoms with Gasteiger partial charge in [0.25, 0.3) is 0 Å². The van der Waals surface area contributed by atoms with Gasteiger partial charge >= 0.3 is 0 Å². The molecule has 0 aliphatic rings. The van der Waals surface area contributed by atoms with Crippen LogP contribution >= 0.6 is 0 Å². The normalized spacial score (nSPS) is 11.9. The van der Waals surface area contributed by atoms with Crippen LogP contribution in [-0.4, -0.2) is 18.8 Å². The monoisotopic (exact) mass is 712 g/mol. The van der Waals surface area contributed by atoms with Gasteiger partial charge in [-0.25, -0.2) is 9.97 Å². The summed E-state index contributed by atoms with van der Waals surface area (Å²) >= 11 is 0. The maximum absolute atomic E-state index is 5.14. The van der Waals surface area contributed by atoms with E-state index in [4.69, 9.17) is 9.97 Å². The summed E-state index contributed by atoms with van der Waals surface area (Å²) in [4.78, 5) is 10.3. The number of para-hydroxylation sites is 3. The van der Waals surface area contributed by atoms with Gasteiger partial charge in [-0.15, -0.1) is 0 Å². The third kappa shape index (κ3) is 4.53. The van der Waals surface area contributed by atoms with Crippen molar-refractivity contribution < 1.29 is 0 Å². The van der Waals surface area contributed by atoms with Crippen molar-refractivity contribution in [1.82, 2.24) is 18.8 Å². The molecular formula is C52H32N4. The van der Waals surface area contributed by atoms with E-state index in [1.165, 1.54) is 65.4 Å². The predicted molar refractivity (Wildman–Crippen MR) is 233 cm³/mol. The minimum absolute atomic E-state index is 0.699. The fourth-order valence-corrected chi connectivity index (χ4v) is 8.95. The van der Waals surface area contributed by atoms with Crippen molar-refractivity contribution in [2.75, 3.05) is 0 Å². The van der Waals surface area contributed by atoms with E-state index in [9.17, 15) is 0 Å². The van der Waals surface area contributed by atoms with Crippen LogP contribution in [-0.2, 0) is 0 Å². The predicted octanol–water partition coefficient (Wildman–Crippen LogP) is 13.4. The fourth-order valence-electron chi connectivity index (χ4n) is 8.95. The van der Waals surface area contributed by atoms with E-state index in [0.29, 0.717) is 5.82 Å². The summed E-state index contributed by atoms with van der Waals surface area (Å²) in [6.07, 6.45) is 0. The van der Waals surface area contributed by atoms with Crippen LogP contribution in [0.2, 0.25) is 0 Å². The van der Waals surface area contributed by atoms with Gasteiger partial charge in [-0.05, 0) is 53.6 Å². The summed E-state index contributed by atoms with van der Waals surface area (Å²) in [6, 6.07) is 69.6. The maximum Gasteiger partial charge on any atom is 0.160 e. The molecule has 0 spiro atoms. The zero-order valence-corrected chi connectivity index (χ0v) is 30.3. The highest BCUT2D eigenvalue weighted by molar-refractivity contribution is 6.25. The Labute approximate surface area is 322 Å². The first-order chi connectivity index (χ1) is 27.8. The molecule has 0 N–H and O–H groups in total. The van der Waals surface area contributed by atoms with Crippen molar-refractivity contribution >= 4 is 65.4 Å². The van der Waals surface area contributed by atoms with Gasteiger partial charge in [-0.2, -0.15) is 0 Å². The Morgan fingerprint density at radius 3 is 1.25 bits per heavy atom. The molecule has 0 fully saturated rings. The second-order valence-electron chi connectivity index (χ2n) is 14.6. The molecule has 0 saturated heterocycles. The molecule has 0 aliphatic heterocycles. The number of benzene rings is 8. The first-order valence-corrected chi connectivity index (χ1v) is 19.1. The lowest BCUT2D eigenvalue weighted by Gasteiger charge is -2.13. The van der Waals surface area contributed by atoms with Gasteiger partial charge in [0.15, 0.2) is 5.82 Å². The van der Waals surface area contributed by atoms with Crippen molar-refractivity contribution in [3.8, 4) is 45.0 Å². The lowest BCUT2D eigenvalue weighted by Crippen LogP contribution is -1.96. The molecule has 56 heavy (non-hydrogen) atoms. The Kier molecular flexibility index (Phi) is 6.60. The zero-order chi connectivity index (χ0) is 36.7. The SMILES string of the molecule is c1ccc(-c2cc(-c3ccccc3)nc(-c3cccc(-c4ccc5c(c4)c4ccccc4n4c6ccccc6c6ccc7c8ccccc8n5c7c64)c3)n2)cc1. The molecule has 8 aromatic carbocycles. The number of hydrogen-bond donors (Lipinski definition) is 0. The van der Waals surface area contributed by atoms with Gasteiger partial charge < -0.3 is 8.80 Å². The number of rotatable bonds is 4. The molecule has 0 atom stereocenters. The van der Waals surface area contributed by atoms with Gasteiger partial charge in [0.1, 0.15) is 0 Å². The largest absolute Gasteiger partial charge is 0.307 e. The van der Waals surface area contributed by atoms with Crippen molar-refractivity contribution in [3.63, 3.8) is 0 Å². The Morgan fingerprint density at radius 2 is 0.696 bits per heavy atom. The van der Waals surface area contributed by atoms with Crippen LogP contribution in [0.3, 0.4) is 0 Å². The quantitative estimate of drug-likeness (QED) is 0.182. The molecule has 0 aliphatic carbocycles. The van der Waals surface area contributed by atoms with E-state index in [1.54, 1.807) is 0 Å². The molecular weight excluding hydrogens is 681 g/mol. The molecule has 4 nitrogen and oxygen atoms in total. The minimum atomic E-state index is 0.699. The zero-order valence-electron chi connectivity index (χ0n) is 30.3. The molecule has 12 rings (SSSR count). The van der Waals surface area contributed by atoms with Crippen LogP contribution in [0.25, 0.3) is 110 Å². The highest BCUT2D eigenvalue weighted by Gasteiger charge is 2.20. The molecule has 0 saturated carbocycles. The third-order valence-corrected chi connectivity index (χ3v) is 11.5. The second-order valence-corrected chi connectivity index (χ2v) is 14.6. The highest BCUT2D eigenvalue weighted by Crippen LogP contribution is 2.42. The van der Waals surface area contributed by atoms with Crippen LogP contribution in [0.1, 0.15) is 0 Å². The smallest absolute Gasteiger partial charge is 0.160 e. The topological polar surface area (TPSA) is 34.6 Å². The van der Waals surface area contributed by atoms with Crippen molar-refractivity contribution in [2.24, 2.45) is 0 Å². The summed E-state index contributed by atoms with van der Waals surface area (Å²) in [7, 11) is 0. The number of aromatic nitrogens is 4. The summed E-state index contributed by atoms with van der Waals surface area (Å²) in [5.41, 5.74) is 14.3. The average molecular weight is 713 g/mol. The lowest BCUT2D eigenvalue weighted by molar-refractivity contribution is 1.18. The van der Waals surface area contributed by atoms with Crippen LogP contribution < -0.4 is 0 Å². The van der Waals surface area contributed by atoms with Crippen molar-refractivity contribution in [1.29, 1.82) is 0 Å². The van der Waals surface area contributed by atoms with Crippen LogP contribution in [0.4, 0.5) is 0 Å². The summed E-state index contributed by atoms with van der Waals surface area (Å²) < 4.78 is 5.00. The van der Waals surface area contributed by atoms with E-state index >= 15 is 0 Å². The molecule has 4 aromatic heterocycles. The van der Waals surface area contributed by atoms with Crippen molar-refractivity contribution in [2.45, 2.75) is 0 Å². The standard InChI is InChI=1S/C52H32N4/c1-3-14-33(15-4-1)44-32-45(34-16-5-2-6-17-34)54-52(53-44)37-19-13-18-35(30-37)36-26-29-49-43(31-36)40-22-9-12-25-48(40)55-46-23-10-7-20-38(46)41-27-28-42-39-21-8-11-24-47(39)56(49)51(42)50(41)55/h1-32H. The van der Waals surface area contributed by atoms with Gasteiger partial charge in [0, 0.05) is 49.0 Å². The number of hydrogen-bond acceptors (Lipinski definition) is 2. The van der Waals surface area contributed by atoms with Crippen molar-refractivity contribution in [3.05, 3.63) is 194 Å². The number of nitrogens with zero attached hydrogens (tertiary/aromatic N) is 4. The molecule has 0 unspecified atom stereocenters. The van der Waals surface area contributed by atoms with Gasteiger partial charge in [-0.3, -0.25) is 0 Å². The minimum Gasteiger partial charge on any atom is -0.307 e. The Balaban J connectivity index is 1.14. The summed E-state index contributed by atoms with van der Waals surface area (Å²) in [5.74, 6) is 0.699. The second kappa shape index (κ2) is 12.0. The number of fused-ring (bicyclic) bond motifs is 11. The molecule has 0 bridgehead atoms. The Hall–Kier alpha value is -7.56. The van der Waals surface area contributed by atoms with E-state index in [0.717, 1.165) is 39.2 Å². The Bertz CT molecular complexity index is 3470. The lowest BCUT2D eigenvalue weighted by atomic mass is 9.99. The molecule has 4 heteroatoms. The molecule has 0 radical (unpaired) electrons. The first-order valence-electron chi connectivity index (χ1n) is 19.1. The summed E-state index contributed by atoms with van der Waals surface area (Å²) in [6.45, 7) is 0. The average Bonchev–Trinajstić information content (AvgIpc) is 3.79.